The van der Waals surface area contributed by atoms with E-state index >= 15 is 0 Å². The molecule has 0 unspecified atom stereocenters. The zero-order valence-corrected chi connectivity index (χ0v) is 15.5. The number of rotatable bonds is 8. The second-order valence-corrected chi connectivity index (χ2v) is 6.65. The molecule has 144 valence electrons. The number of benzene rings is 2. The molecule has 1 heterocycles. The van der Waals surface area contributed by atoms with E-state index in [4.69, 9.17) is 15.2 Å². The molecule has 3 rings (SSSR count). The number of hydrogen-bond donors (Lipinski definition) is 1. The van der Waals surface area contributed by atoms with Gasteiger partial charge < -0.3 is 15.2 Å². The van der Waals surface area contributed by atoms with Crippen molar-refractivity contribution in [2.75, 3.05) is 19.8 Å². The van der Waals surface area contributed by atoms with Gasteiger partial charge in [0.15, 0.2) is 18.1 Å². The number of nitrogens with zero attached hydrogens (tertiary/aromatic N) is 1. The van der Waals surface area contributed by atoms with Gasteiger partial charge in [0.25, 0.3) is 5.91 Å². The van der Waals surface area contributed by atoms with Gasteiger partial charge in [0.1, 0.15) is 5.82 Å². The monoisotopic (exact) mass is 372 g/mol. The van der Waals surface area contributed by atoms with Gasteiger partial charge in [-0.25, -0.2) is 4.39 Å². The van der Waals surface area contributed by atoms with E-state index in [1.807, 2.05) is 37.3 Å². The highest BCUT2D eigenvalue weighted by atomic mass is 19.1. The Morgan fingerprint density at radius 1 is 1.19 bits per heavy atom. The quantitative estimate of drug-likeness (QED) is 0.771. The molecule has 5 nitrogen and oxygen atoms in total. The van der Waals surface area contributed by atoms with Crippen LogP contribution in [0.2, 0.25) is 0 Å². The first-order valence-corrected chi connectivity index (χ1v) is 9.23. The lowest BCUT2D eigenvalue weighted by molar-refractivity contribution is -0.119. The van der Waals surface area contributed by atoms with Crippen molar-refractivity contribution >= 4 is 5.91 Å². The first-order chi connectivity index (χ1) is 13.1. The highest BCUT2D eigenvalue weighted by Crippen LogP contribution is 2.35. The van der Waals surface area contributed by atoms with Gasteiger partial charge in [-0.2, -0.15) is 0 Å². The molecule has 0 saturated carbocycles. The van der Waals surface area contributed by atoms with Crippen LogP contribution < -0.4 is 15.2 Å². The average molecular weight is 372 g/mol. The summed E-state index contributed by atoms with van der Waals surface area (Å²) >= 11 is 0. The summed E-state index contributed by atoms with van der Waals surface area (Å²) in [5, 5.41) is 0. The van der Waals surface area contributed by atoms with Crippen LogP contribution in [0.5, 0.6) is 11.5 Å². The van der Waals surface area contributed by atoms with Gasteiger partial charge in [-0.3, -0.25) is 9.69 Å². The molecule has 27 heavy (non-hydrogen) atoms. The van der Waals surface area contributed by atoms with Crippen LogP contribution >= 0.6 is 0 Å². The molecule has 0 spiro atoms. The number of likely N-dealkylation sites (tertiary alicyclic amines) is 1. The lowest BCUT2D eigenvalue weighted by Crippen LogP contribution is -2.23. The maximum Gasteiger partial charge on any atom is 0.255 e. The van der Waals surface area contributed by atoms with E-state index in [1.54, 1.807) is 0 Å². The Morgan fingerprint density at radius 2 is 1.96 bits per heavy atom. The van der Waals surface area contributed by atoms with Crippen LogP contribution in [0.25, 0.3) is 0 Å². The van der Waals surface area contributed by atoms with Gasteiger partial charge in [0, 0.05) is 12.6 Å². The van der Waals surface area contributed by atoms with Crippen LogP contribution in [0.1, 0.15) is 36.9 Å². The van der Waals surface area contributed by atoms with Crippen LogP contribution in [0.4, 0.5) is 4.39 Å². The summed E-state index contributed by atoms with van der Waals surface area (Å²) in [4.78, 5) is 13.3. The highest BCUT2D eigenvalue weighted by molar-refractivity contribution is 5.75. The predicted molar refractivity (Wildman–Crippen MR) is 101 cm³/mol. The minimum atomic E-state index is -0.527. The fourth-order valence-electron chi connectivity index (χ4n) is 3.50. The second kappa shape index (κ2) is 8.86. The number of primary amides is 1. The van der Waals surface area contributed by atoms with Gasteiger partial charge in [-0.1, -0.05) is 18.2 Å². The van der Waals surface area contributed by atoms with Crippen LogP contribution in [-0.4, -0.2) is 30.6 Å². The number of halogens is 1. The van der Waals surface area contributed by atoms with E-state index in [-0.39, 0.29) is 18.5 Å². The van der Waals surface area contributed by atoms with Crippen molar-refractivity contribution in [1.29, 1.82) is 0 Å². The molecule has 1 saturated heterocycles. The summed E-state index contributed by atoms with van der Waals surface area (Å²) in [5.41, 5.74) is 7.38. The van der Waals surface area contributed by atoms with E-state index in [9.17, 15) is 9.18 Å². The van der Waals surface area contributed by atoms with Gasteiger partial charge in [-0.15, -0.1) is 0 Å². The molecular weight excluding hydrogens is 347 g/mol. The van der Waals surface area contributed by atoms with Crippen molar-refractivity contribution < 1.29 is 18.7 Å². The smallest absolute Gasteiger partial charge is 0.255 e. The zero-order chi connectivity index (χ0) is 19.2. The van der Waals surface area contributed by atoms with Crippen LogP contribution in [-0.2, 0) is 11.3 Å². The summed E-state index contributed by atoms with van der Waals surface area (Å²) in [6.45, 7) is 3.97. The lowest BCUT2D eigenvalue weighted by atomic mass is 10.0. The predicted octanol–water partition coefficient (Wildman–Crippen LogP) is 3.43. The maximum absolute atomic E-state index is 13.2. The fourth-order valence-corrected chi connectivity index (χ4v) is 3.50. The van der Waals surface area contributed by atoms with Crippen molar-refractivity contribution in [3.05, 3.63) is 59.4 Å². The van der Waals surface area contributed by atoms with Crippen molar-refractivity contribution in [2.45, 2.75) is 32.4 Å². The number of ether oxygens (including phenoxy) is 2. The SMILES string of the molecule is CCOc1cc(CN2CCC[C@H]2c2ccc(F)cc2)ccc1OCC(N)=O. The van der Waals surface area contributed by atoms with Crippen molar-refractivity contribution in [1.82, 2.24) is 4.90 Å². The van der Waals surface area contributed by atoms with E-state index < -0.39 is 5.91 Å². The highest BCUT2D eigenvalue weighted by Gasteiger charge is 2.26. The lowest BCUT2D eigenvalue weighted by Gasteiger charge is -2.25. The Kier molecular flexibility index (Phi) is 6.29. The molecule has 0 radical (unpaired) electrons. The van der Waals surface area contributed by atoms with Crippen LogP contribution in [0.15, 0.2) is 42.5 Å². The minimum absolute atomic E-state index is 0.182. The largest absolute Gasteiger partial charge is 0.490 e. The Labute approximate surface area is 158 Å². The summed E-state index contributed by atoms with van der Waals surface area (Å²) < 4.78 is 24.3. The molecule has 0 aliphatic carbocycles. The molecule has 6 heteroatoms. The topological polar surface area (TPSA) is 64.8 Å². The number of amides is 1. The first kappa shape index (κ1) is 19.2. The summed E-state index contributed by atoms with van der Waals surface area (Å²) in [7, 11) is 0. The molecular formula is C21H25FN2O3. The van der Waals surface area contributed by atoms with Crippen molar-refractivity contribution in [3.63, 3.8) is 0 Å². The third-order valence-electron chi connectivity index (χ3n) is 4.68. The van der Waals surface area contributed by atoms with E-state index in [0.29, 0.717) is 18.1 Å². The molecule has 1 aliphatic rings. The van der Waals surface area contributed by atoms with Crippen molar-refractivity contribution in [2.24, 2.45) is 5.73 Å². The Balaban J connectivity index is 1.74. The molecule has 1 amide bonds. The number of hydrogen-bond acceptors (Lipinski definition) is 4. The molecule has 1 atom stereocenters. The Morgan fingerprint density at radius 3 is 2.67 bits per heavy atom. The van der Waals surface area contributed by atoms with Crippen molar-refractivity contribution in [3.8, 4) is 11.5 Å². The fraction of sp³-hybridized carbons (Fsp3) is 0.381. The zero-order valence-electron chi connectivity index (χ0n) is 15.5. The second-order valence-electron chi connectivity index (χ2n) is 6.65. The van der Waals surface area contributed by atoms with Gasteiger partial charge in [0.05, 0.1) is 6.61 Å². The normalized spacial score (nSPS) is 17.0. The molecule has 1 fully saturated rings. The molecule has 2 aromatic rings. The number of carbonyl (C=O) groups is 1. The third kappa shape index (κ3) is 4.98. The van der Waals surface area contributed by atoms with Gasteiger partial charge >= 0.3 is 0 Å². The molecule has 0 bridgehead atoms. The molecule has 2 N–H and O–H groups in total. The van der Waals surface area contributed by atoms with Gasteiger partial charge in [0.2, 0.25) is 0 Å². The van der Waals surface area contributed by atoms with Crippen LogP contribution in [0.3, 0.4) is 0 Å². The standard InChI is InChI=1S/C21H25FN2O3/c1-2-26-20-12-15(5-10-19(20)27-14-21(23)25)13-24-11-3-4-18(24)16-6-8-17(22)9-7-16/h5-10,12,18H,2-4,11,13-14H2,1H3,(H2,23,25)/t18-/m0/s1. The summed E-state index contributed by atoms with van der Waals surface area (Å²) in [6.07, 6.45) is 2.17. The van der Waals surface area contributed by atoms with E-state index in [0.717, 1.165) is 37.1 Å². The average Bonchev–Trinajstić information content (AvgIpc) is 3.10. The Bertz CT molecular complexity index is 779. The minimum Gasteiger partial charge on any atom is -0.490 e. The molecule has 0 aromatic heterocycles. The maximum atomic E-state index is 13.2. The van der Waals surface area contributed by atoms with Gasteiger partial charge in [-0.05, 0) is 61.7 Å². The Hall–Kier alpha value is -2.60. The van der Waals surface area contributed by atoms with Crippen LogP contribution in [0, 0.1) is 5.82 Å². The number of carbonyl (C=O) groups excluding carboxylic acids is 1. The third-order valence-corrected chi connectivity index (χ3v) is 4.68. The molecule has 1 aliphatic heterocycles. The summed E-state index contributed by atoms with van der Waals surface area (Å²) in [6, 6.07) is 12.8. The molecule has 2 aromatic carbocycles. The van der Waals surface area contributed by atoms with E-state index in [1.165, 1.54) is 12.1 Å². The first-order valence-electron chi connectivity index (χ1n) is 9.23. The van der Waals surface area contributed by atoms with E-state index in [2.05, 4.69) is 4.90 Å². The number of nitrogens with two attached hydrogens (primary N) is 1. The summed E-state index contributed by atoms with van der Waals surface area (Å²) in [5.74, 6) is 0.376.